The van der Waals surface area contributed by atoms with Crippen LogP contribution in [0.2, 0.25) is 0 Å². The summed E-state index contributed by atoms with van der Waals surface area (Å²) in [7, 11) is 0. The maximum atomic E-state index is 0. The van der Waals surface area contributed by atoms with E-state index in [4.69, 9.17) is 0 Å². The molecule has 0 aromatic rings. The summed E-state index contributed by atoms with van der Waals surface area (Å²) in [6.45, 7) is 0. The smallest absolute Gasteiger partial charge is 0 e. The van der Waals surface area contributed by atoms with Crippen LogP contribution in [0.25, 0.3) is 0 Å². The van der Waals surface area contributed by atoms with E-state index in [-0.39, 0.29) is 82.1 Å². The van der Waals surface area contributed by atoms with Gasteiger partial charge < -0.3 is 49.6 Å². The van der Waals surface area contributed by atoms with Gasteiger partial charge in [-0.25, -0.2) is 0 Å². The minimum Gasteiger partial charge on any atom is -1.00 e. The molecule has 0 aromatic carbocycles. The molecule has 0 rings (SSSR count). The summed E-state index contributed by atoms with van der Waals surface area (Å²) in [5.74, 6) is 0. The molecule has 0 bridgehead atoms. The van der Waals surface area contributed by atoms with Crippen molar-refractivity contribution in [2.24, 2.45) is 0 Å². The van der Waals surface area contributed by atoms with Gasteiger partial charge in [-0.3, -0.25) is 0 Å². The fourth-order valence-electron chi connectivity index (χ4n) is 0. The summed E-state index contributed by atoms with van der Waals surface area (Å²) >= 11 is 0. The van der Waals surface area contributed by atoms with Crippen LogP contribution < -0.4 is 49.6 Å². The Morgan fingerprint density at radius 2 is 0.500 bits per heavy atom. The van der Waals surface area contributed by atoms with Crippen LogP contribution in [-0.2, 0) is 20.1 Å². The number of hydrogen-bond donors (Lipinski definition) is 0. The maximum Gasteiger partial charge on any atom is 0 e. The first-order chi connectivity index (χ1) is 0. The van der Waals surface area contributed by atoms with E-state index < -0.39 is 0 Å². The van der Waals surface area contributed by atoms with Crippen LogP contribution in [0.15, 0.2) is 0 Å². The fraction of sp³-hybridized carbons (Fsp3) is 0. The second-order valence-electron chi connectivity index (χ2n) is 0. The molecule has 0 heterocycles. The van der Waals surface area contributed by atoms with Crippen molar-refractivity contribution < 1.29 is 69.7 Å². The molecule has 0 fully saturated rings. The van der Waals surface area contributed by atoms with Gasteiger partial charge in [-0.2, -0.15) is 0 Å². The van der Waals surface area contributed by atoms with Gasteiger partial charge in [0.2, 0.25) is 0 Å². The van der Waals surface area contributed by atoms with Crippen LogP contribution in [0.5, 0.6) is 0 Å². The van der Waals surface area contributed by atoms with Crippen LogP contribution in [-0.4, -0.2) is 0 Å². The minimum atomic E-state index is 0. The van der Waals surface area contributed by atoms with Crippen LogP contribution in [0, 0.1) is 0 Å². The van der Waals surface area contributed by atoms with E-state index in [1.807, 2.05) is 0 Å². The predicted molar refractivity (Wildman–Crippen MR) is 7.25 cm³/mol. The molecule has 0 unspecified atom stereocenters. The summed E-state index contributed by atoms with van der Waals surface area (Å²) < 4.78 is 0. The summed E-state index contributed by atoms with van der Waals surface area (Å²) in [5, 5.41) is 0. The van der Waals surface area contributed by atoms with E-state index >= 15 is 0 Å². The Kier molecular flexibility index (Phi) is 925. The van der Waals surface area contributed by atoms with Crippen molar-refractivity contribution in [1.29, 1.82) is 0 Å². The standard InChI is InChI=1S/5ClH.Ir/h5*1H;/p-4. The Morgan fingerprint density at radius 3 is 0.500 bits per heavy atom. The van der Waals surface area contributed by atoms with Crippen molar-refractivity contribution in [2.75, 3.05) is 0 Å². The van der Waals surface area contributed by atoms with Crippen molar-refractivity contribution in [3.05, 3.63) is 0 Å². The van der Waals surface area contributed by atoms with Crippen LogP contribution >= 0.6 is 12.4 Å². The van der Waals surface area contributed by atoms with E-state index in [1.165, 1.54) is 0 Å². The van der Waals surface area contributed by atoms with Crippen molar-refractivity contribution in [2.45, 2.75) is 0 Å². The fourth-order valence-corrected chi connectivity index (χ4v) is 0. The van der Waals surface area contributed by atoms with Crippen molar-refractivity contribution in [1.82, 2.24) is 0 Å². The summed E-state index contributed by atoms with van der Waals surface area (Å²) in [6, 6.07) is 0. The van der Waals surface area contributed by atoms with Crippen LogP contribution in [0.1, 0.15) is 0 Å². The van der Waals surface area contributed by atoms with Gasteiger partial charge in [0.25, 0.3) is 0 Å². The number of halogens is 5. The maximum absolute atomic E-state index is 0. The SMILES string of the molecule is Cl.[Cl-].[Cl-].[Cl-].[Cl-].[Ir]. The Morgan fingerprint density at radius 1 is 0.500 bits per heavy atom. The number of rotatable bonds is 0. The molecule has 0 aliphatic rings. The monoisotopic (exact) mass is 369 g/mol. The molecule has 0 N–H and O–H groups in total. The van der Waals surface area contributed by atoms with Gasteiger partial charge in [0.1, 0.15) is 0 Å². The second-order valence-corrected chi connectivity index (χ2v) is 0. The van der Waals surface area contributed by atoms with Crippen molar-refractivity contribution in [3.63, 3.8) is 0 Å². The third-order valence-electron chi connectivity index (χ3n) is 0. The molecule has 0 aliphatic heterocycles. The first-order valence-corrected chi connectivity index (χ1v) is 0. The van der Waals surface area contributed by atoms with Crippen LogP contribution in [0.4, 0.5) is 0 Å². The normalized spacial score (nSPS) is 0. The van der Waals surface area contributed by atoms with Crippen molar-refractivity contribution in [3.8, 4) is 0 Å². The average molecular weight is 370 g/mol. The Balaban J connectivity index is 0. The van der Waals surface area contributed by atoms with E-state index in [9.17, 15) is 0 Å². The second kappa shape index (κ2) is 59.9. The van der Waals surface area contributed by atoms with Gasteiger partial charge in [-0.15, -0.1) is 12.4 Å². The number of hydrogen-bond acceptors (Lipinski definition) is 0. The predicted octanol–water partition coefficient (Wildman–Crippen LogP) is -11.6. The molecule has 0 spiro atoms. The van der Waals surface area contributed by atoms with E-state index in [0.29, 0.717) is 0 Å². The molecular weight excluding hydrogens is 369 g/mol. The van der Waals surface area contributed by atoms with Gasteiger partial charge in [0.05, 0.1) is 0 Å². The molecule has 0 amide bonds. The summed E-state index contributed by atoms with van der Waals surface area (Å²) in [6.07, 6.45) is 0. The molecule has 0 saturated carbocycles. The molecule has 1 radical (unpaired) electrons. The third kappa shape index (κ3) is 36.0. The molecule has 6 heteroatoms. The Labute approximate surface area is 81.6 Å². The zero-order valence-corrected chi connectivity index (χ0v) is 8.49. The third-order valence-corrected chi connectivity index (χ3v) is 0. The molecule has 0 aromatic heterocycles. The topological polar surface area (TPSA) is 0 Å². The summed E-state index contributed by atoms with van der Waals surface area (Å²) in [4.78, 5) is 0. The molecule has 49 valence electrons. The van der Waals surface area contributed by atoms with Gasteiger partial charge in [-0.05, 0) is 0 Å². The largest absolute Gasteiger partial charge is 1.00 e. The molecular formula is HCl5Ir-4. The van der Waals surface area contributed by atoms with Gasteiger partial charge in [0, 0.05) is 20.1 Å². The van der Waals surface area contributed by atoms with Gasteiger partial charge in [0.15, 0.2) is 0 Å². The van der Waals surface area contributed by atoms with Crippen molar-refractivity contribution >= 4 is 12.4 Å². The molecule has 0 nitrogen and oxygen atoms in total. The Hall–Kier alpha value is 2.10. The van der Waals surface area contributed by atoms with Gasteiger partial charge in [-0.1, -0.05) is 0 Å². The molecule has 0 atom stereocenters. The summed E-state index contributed by atoms with van der Waals surface area (Å²) in [5.41, 5.74) is 0. The Bertz CT molecular complexity index is 3.90. The van der Waals surface area contributed by atoms with Gasteiger partial charge >= 0.3 is 0 Å². The molecule has 0 aliphatic carbocycles. The quantitative estimate of drug-likeness (QED) is 0.397. The first kappa shape index (κ1) is 92.6. The zero-order valence-electron chi connectivity index (χ0n) is 2.25. The van der Waals surface area contributed by atoms with E-state index in [1.54, 1.807) is 0 Å². The molecule has 6 heavy (non-hydrogen) atoms. The molecule has 0 saturated heterocycles. The zero-order chi connectivity index (χ0) is 0. The van der Waals surface area contributed by atoms with E-state index in [0.717, 1.165) is 0 Å². The first-order valence-electron chi connectivity index (χ1n) is 0. The van der Waals surface area contributed by atoms with E-state index in [2.05, 4.69) is 0 Å². The minimum absolute atomic E-state index is 0. The average Bonchev–Trinajstić information content (AvgIpc) is 0. The van der Waals surface area contributed by atoms with Crippen LogP contribution in [0.3, 0.4) is 0 Å².